The molecule has 0 saturated carbocycles. The van der Waals surface area contributed by atoms with Crippen molar-refractivity contribution in [2.75, 3.05) is 19.6 Å². The molecule has 0 radical (unpaired) electrons. The van der Waals surface area contributed by atoms with Gasteiger partial charge in [0.05, 0.1) is 5.84 Å². The summed E-state index contributed by atoms with van der Waals surface area (Å²) in [6.45, 7) is 3.62. The van der Waals surface area contributed by atoms with Crippen LogP contribution in [0.15, 0.2) is 0 Å². The van der Waals surface area contributed by atoms with E-state index in [4.69, 9.17) is 11.1 Å². The summed E-state index contributed by atoms with van der Waals surface area (Å²) < 4.78 is 0. The zero-order chi connectivity index (χ0) is 8.81. The molecule has 0 aromatic heterocycles. The molecule has 0 bridgehead atoms. The van der Waals surface area contributed by atoms with Crippen molar-refractivity contribution in [1.29, 1.82) is 5.41 Å². The molecule has 0 amide bonds. The minimum Gasteiger partial charge on any atom is -0.388 e. The van der Waals surface area contributed by atoms with Crippen molar-refractivity contribution in [2.24, 2.45) is 5.73 Å². The number of rotatable bonds is 4. The van der Waals surface area contributed by atoms with Crippen molar-refractivity contribution in [3.05, 3.63) is 0 Å². The predicted molar refractivity (Wildman–Crippen MR) is 51.4 cm³/mol. The number of nitrogens with one attached hydrogen (secondary N) is 1. The second kappa shape index (κ2) is 5.14. The Labute approximate surface area is 74.4 Å². The van der Waals surface area contributed by atoms with E-state index in [2.05, 4.69) is 4.90 Å². The Bertz CT molecular complexity index is 139. The highest BCUT2D eigenvalue weighted by Crippen LogP contribution is 2.08. The predicted octanol–water partition coefficient (Wildman–Crippen LogP) is 1.19. The third kappa shape index (κ3) is 3.72. The summed E-state index contributed by atoms with van der Waals surface area (Å²) in [5, 5.41) is 7.07. The second-order valence-electron chi connectivity index (χ2n) is 3.53. The molecule has 0 aromatic rings. The first-order valence-electron chi connectivity index (χ1n) is 4.84. The first-order chi connectivity index (χ1) is 5.79. The zero-order valence-corrected chi connectivity index (χ0v) is 7.68. The van der Waals surface area contributed by atoms with Crippen LogP contribution >= 0.6 is 0 Å². The molecule has 0 unspecified atom stereocenters. The van der Waals surface area contributed by atoms with Gasteiger partial charge in [0.2, 0.25) is 0 Å². The minimum absolute atomic E-state index is 0.326. The maximum absolute atomic E-state index is 7.07. The third-order valence-electron chi connectivity index (χ3n) is 2.37. The molecule has 1 heterocycles. The van der Waals surface area contributed by atoms with Gasteiger partial charge in [0.1, 0.15) is 0 Å². The number of amidine groups is 1. The smallest absolute Gasteiger partial charge is 0.0905 e. The normalized spacial score (nSPS) is 19.3. The second-order valence-corrected chi connectivity index (χ2v) is 3.53. The van der Waals surface area contributed by atoms with Crippen LogP contribution in [-0.4, -0.2) is 30.4 Å². The molecule has 0 atom stereocenters. The van der Waals surface area contributed by atoms with Crippen LogP contribution in [0.2, 0.25) is 0 Å². The van der Waals surface area contributed by atoms with Gasteiger partial charge in [-0.15, -0.1) is 0 Å². The molecule has 0 aromatic carbocycles. The quantitative estimate of drug-likeness (QED) is 0.490. The molecule has 70 valence electrons. The summed E-state index contributed by atoms with van der Waals surface area (Å²) in [6, 6.07) is 0. The SMILES string of the molecule is N=C(N)CCCN1CCCCC1. The van der Waals surface area contributed by atoms with Gasteiger partial charge in [0.15, 0.2) is 0 Å². The topological polar surface area (TPSA) is 53.1 Å². The Morgan fingerprint density at radius 3 is 2.50 bits per heavy atom. The van der Waals surface area contributed by atoms with E-state index in [0.29, 0.717) is 5.84 Å². The van der Waals surface area contributed by atoms with Crippen LogP contribution in [0, 0.1) is 5.41 Å². The molecule has 3 heteroatoms. The number of nitrogens with two attached hydrogens (primary N) is 1. The lowest BCUT2D eigenvalue weighted by molar-refractivity contribution is 0.227. The minimum atomic E-state index is 0.326. The molecular weight excluding hydrogens is 150 g/mol. The van der Waals surface area contributed by atoms with Crippen LogP contribution < -0.4 is 5.73 Å². The van der Waals surface area contributed by atoms with E-state index in [1.807, 2.05) is 0 Å². The lowest BCUT2D eigenvalue weighted by Crippen LogP contribution is -2.31. The fourth-order valence-electron chi connectivity index (χ4n) is 1.68. The monoisotopic (exact) mass is 169 g/mol. The molecule has 1 aliphatic heterocycles. The van der Waals surface area contributed by atoms with Crippen LogP contribution in [0.1, 0.15) is 32.1 Å². The van der Waals surface area contributed by atoms with Gasteiger partial charge in [-0.2, -0.15) is 0 Å². The molecule has 12 heavy (non-hydrogen) atoms. The van der Waals surface area contributed by atoms with Crippen LogP contribution in [-0.2, 0) is 0 Å². The van der Waals surface area contributed by atoms with Crippen LogP contribution in [0.5, 0.6) is 0 Å². The number of hydrogen-bond acceptors (Lipinski definition) is 2. The molecule has 1 fully saturated rings. The van der Waals surface area contributed by atoms with E-state index in [9.17, 15) is 0 Å². The van der Waals surface area contributed by atoms with Gasteiger partial charge < -0.3 is 10.6 Å². The van der Waals surface area contributed by atoms with E-state index in [1.54, 1.807) is 0 Å². The summed E-state index contributed by atoms with van der Waals surface area (Å²) >= 11 is 0. The van der Waals surface area contributed by atoms with Gasteiger partial charge in [0, 0.05) is 6.42 Å². The van der Waals surface area contributed by atoms with Crippen LogP contribution in [0.4, 0.5) is 0 Å². The zero-order valence-electron chi connectivity index (χ0n) is 7.68. The Morgan fingerprint density at radius 2 is 1.92 bits per heavy atom. The average Bonchev–Trinajstić information content (AvgIpc) is 2.05. The molecule has 0 spiro atoms. The highest BCUT2D eigenvalue weighted by Gasteiger charge is 2.08. The van der Waals surface area contributed by atoms with Crippen molar-refractivity contribution in [1.82, 2.24) is 4.90 Å². The molecule has 1 saturated heterocycles. The molecule has 3 nitrogen and oxygen atoms in total. The summed E-state index contributed by atoms with van der Waals surface area (Å²) in [7, 11) is 0. The molecule has 1 aliphatic rings. The van der Waals surface area contributed by atoms with E-state index in [0.717, 1.165) is 19.4 Å². The van der Waals surface area contributed by atoms with Crippen molar-refractivity contribution in [3.63, 3.8) is 0 Å². The Balaban J connectivity index is 2.01. The van der Waals surface area contributed by atoms with Crippen molar-refractivity contribution in [2.45, 2.75) is 32.1 Å². The maximum Gasteiger partial charge on any atom is 0.0905 e. The first-order valence-corrected chi connectivity index (χ1v) is 4.84. The first kappa shape index (κ1) is 9.52. The van der Waals surface area contributed by atoms with E-state index >= 15 is 0 Å². The van der Waals surface area contributed by atoms with Gasteiger partial charge in [-0.3, -0.25) is 5.41 Å². The summed E-state index contributed by atoms with van der Waals surface area (Å²) in [5.74, 6) is 0.326. The molecule has 3 N–H and O–H groups in total. The molecule has 0 aliphatic carbocycles. The lowest BCUT2D eigenvalue weighted by Gasteiger charge is -2.26. The van der Waals surface area contributed by atoms with Gasteiger partial charge >= 0.3 is 0 Å². The standard InChI is InChI=1S/C9H19N3/c10-9(11)5-4-8-12-6-2-1-3-7-12/h1-8H2,(H3,10,11). The highest BCUT2D eigenvalue weighted by atomic mass is 15.1. The van der Waals surface area contributed by atoms with Crippen LogP contribution in [0.25, 0.3) is 0 Å². The summed E-state index contributed by atoms with van der Waals surface area (Å²) in [6.07, 6.45) is 5.90. The maximum atomic E-state index is 7.07. The Hall–Kier alpha value is -0.570. The fraction of sp³-hybridized carbons (Fsp3) is 0.889. The van der Waals surface area contributed by atoms with Crippen LogP contribution in [0.3, 0.4) is 0 Å². The fourth-order valence-corrected chi connectivity index (χ4v) is 1.68. The Kier molecular flexibility index (Phi) is 4.08. The van der Waals surface area contributed by atoms with E-state index in [1.165, 1.54) is 32.4 Å². The third-order valence-corrected chi connectivity index (χ3v) is 2.37. The van der Waals surface area contributed by atoms with Gasteiger partial charge in [-0.05, 0) is 38.9 Å². The largest absolute Gasteiger partial charge is 0.388 e. The van der Waals surface area contributed by atoms with Crippen molar-refractivity contribution >= 4 is 5.84 Å². The van der Waals surface area contributed by atoms with E-state index < -0.39 is 0 Å². The van der Waals surface area contributed by atoms with Gasteiger partial charge in [-0.25, -0.2) is 0 Å². The van der Waals surface area contributed by atoms with Crippen molar-refractivity contribution < 1.29 is 0 Å². The summed E-state index contributed by atoms with van der Waals surface area (Å²) in [4.78, 5) is 2.48. The number of likely N-dealkylation sites (tertiary alicyclic amines) is 1. The molecule has 1 rings (SSSR count). The number of piperidine rings is 1. The van der Waals surface area contributed by atoms with Gasteiger partial charge in [0.25, 0.3) is 0 Å². The summed E-state index contributed by atoms with van der Waals surface area (Å²) in [5.41, 5.74) is 5.27. The highest BCUT2D eigenvalue weighted by molar-refractivity contribution is 5.76. The van der Waals surface area contributed by atoms with Crippen molar-refractivity contribution in [3.8, 4) is 0 Å². The van der Waals surface area contributed by atoms with Gasteiger partial charge in [-0.1, -0.05) is 6.42 Å². The Morgan fingerprint density at radius 1 is 1.25 bits per heavy atom. The van der Waals surface area contributed by atoms with E-state index in [-0.39, 0.29) is 0 Å². The average molecular weight is 169 g/mol. The number of nitrogens with zero attached hydrogens (tertiary/aromatic N) is 1. The lowest BCUT2D eigenvalue weighted by atomic mass is 10.1. The molecular formula is C9H19N3. The number of hydrogen-bond donors (Lipinski definition) is 2.